The maximum atomic E-state index is 12.4. The van der Waals surface area contributed by atoms with Gasteiger partial charge in [0.15, 0.2) is 12.4 Å². The molecule has 2 N–H and O–H groups in total. The highest BCUT2D eigenvalue weighted by Gasteiger charge is 2.31. The van der Waals surface area contributed by atoms with E-state index in [4.69, 9.17) is 10.5 Å². The molecule has 1 fully saturated rings. The summed E-state index contributed by atoms with van der Waals surface area (Å²) in [6.07, 6.45) is 0.943. The number of amides is 1. The summed E-state index contributed by atoms with van der Waals surface area (Å²) < 4.78 is 5.60. The van der Waals surface area contributed by atoms with Crippen LogP contribution in [0.2, 0.25) is 0 Å². The zero-order valence-electron chi connectivity index (χ0n) is 14.9. The molecule has 1 aliphatic rings. The lowest BCUT2D eigenvalue weighted by Gasteiger charge is -2.21. The number of carbonyl (C=O) groups is 2. The zero-order valence-corrected chi connectivity index (χ0v) is 14.9. The summed E-state index contributed by atoms with van der Waals surface area (Å²) in [5.74, 6) is 0.882. The molecular formula is C21H24N2O3. The Kier molecular flexibility index (Phi) is 5.68. The number of hydrogen-bond acceptors (Lipinski definition) is 4. The Morgan fingerprint density at radius 2 is 1.73 bits per heavy atom. The van der Waals surface area contributed by atoms with Crippen LogP contribution in [-0.4, -0.2) is 42.3 Å². The summed E-state index contributed by atoms with van der Waals surface area (Å²) >= 11 is 0. The minimum absolute atomic E-state index is 0.00634. The van der Waals surface area contributed by atoms with Crippen molar-refractivity contribution in [2.24, 2.45) is 11.7 Å². The molecular weight excluding hydrogens is 328 g/mol. The van der Waals surface area contributed by atoms with Gasteiger partial charge in [-0.2, -0.15) is 0 Å². The van der Waals surface area contributed by atoms with Crippen molar-refractivity contribution in [3.05, 3.63) is 65.7 Å². The Labute approximate surface area is 153 Å². The number of ketones is 1. The fourth-order valence-corrected chi connectivity index (χ4v) is 3.35. The first kappa shape index (κ1) is 18.1. The van der Waals surface area contributed by atoms with Crippen LogP contribution in [-0.2, 0) is 4.79 Å². The largest absolute Gasteiger partial charge is 0.484 e. The second-order valence-electron chi connectivity index (χ2n) is 6.74. The van der Waals surface area contributed by atoms with Crippen molar-refractivity contribution >= 4 is 11.7 Å². The predicted molar refractivity (Wildman–Crippen MR) is 100 cm³/mol. The number of benzene rings is 2. The lowest BCUT2D eigenvalue weighted by molar-refractivity contribution is -0.134. The molecule has 0 radical (unpaired) electrons. The van der Waals surface area contributed by atoms with Gasteiger partial charge in [-0.15, -0.1) is 0 Å². The molecule has 0 aliphatic carbocycles. The second kappa shape index (κ2) is 8.15. The number of nitrogens with two attached hydrogens (primary N) is 1. The number of hydrogen-bond donors (Lipinski definition) is 1. The van der Waals surface area contributed by atoms with Crippen LogP contribution in [0.5, 0.6) is 5.75 Å². The van der Waals surface area contributed by atoms with E-state index in [1.165, 1.54) is 0 Å². The topological polar surface area (TPSA) is 72.6 Å². The summed E-state index contributed by atoms with van der Waals surface area (Å²) in [6, 6.07) is 16.2. The monoisotopic (exact) mass is 352 g/mol. The van der Waals surface area contributed by atoms with Gasteiger partial charge < -0.3 is 15.4 Å². The van der Waals surface area contributed by atoms with Crippen LogP contribution in [0.3, 0.4) is 0 Å². The third-order valence-corrected chi connectivity index (χ3v) is 4.83. The molecule has 5 nitrogen and oxygen atoms in total. The first-order chi connectivity index (χ1) is 12.6. The van der Waals surface area contributed by atoms with Crippen LogP contribution < -0.4 is 10.5 Å². The fourth-order valence-electron chi connectivity index (χ4n) is 3.35. The molecule has 0 spiro atoms. The van der Waals surface area contributed by atoms with Crippen molar-refractivity contribution in [2.45, 2.75) is 19.4 Å². The van der Waals surface area contributed by atoms with Crippen molar-refractivity contribution in [1.82, 2.24) is 4.90 Å². The Morgan fingerprint density at radius 1 is 1.08 bits per heavy atom. The van der Waals surface area contributed by atoms with E-state index in [1.54, 1.807) is 36.4 Å². The Balaban J connectivity index is 1.56. The average Bonchev–Trinajstić information content (AvgIpc) is 3.07. The third kappa shape index (κ3) is 4.11. The SMILES string of the molecule is CC1CC(CN)CN1C(=O)COc1ccc(C(=O)c2ccccc2)cc1. The molecule has 1 amide bonds. The molecule has 0 saturated carbocycles. The van der Waals surface area contributed by atoms with E-state index in [1.807, 2.05) is 30.0 Å². The number of nitrogens with zero attached hydrogens (tertiary/aromatic N) is 1. The van der Waals surface area contributed by atoms with E-state index in [0.29, 0.717) is 35.9 Å². The molecule has 1 aliphatic heterocycles. The van der Waals surface area contributed by atoms with Crippen LogP contribution in [0, 0.1) is 5.92 Å². The van der Waals surface area contributed by atoms with E-state index in [-0.39, 0.29) is 24.3 Å². The Hall–Kier alpha value is -2.66. The van der Waals surface area contributed by atoms with Gasteiger partial charge in [0.25, 0.3) is 5.91 Å². The molecule has 1 saturated heterocycles. The Bertz CT molecular complexity index is 759. The minimum Gasteiger partial charge on any atom is -0.484 e. The number of likely N-dealkylation sites (tertiary alicyclic amines) is 1. The number of rotatable bonds is 6. The second-order valence-corrected chi connectivity index (χ2v) is 6.74. The van der Waals surface area contributed by atoms with Gasteiger partial charge in [0.05, 0.1) is 0 Å². The molecule has 3 rings (SSSR count). The van der Waals surface area contributed by atoms with Crippen LogP contribution in [0.15, 0.2) is 54.6 Å². The summed E-state index contributed by atoms with van der Waals surface area (Å²) in [4.78, 5) is 26.6. The van der Waals surface area contributed by atoms with Gasteiger partial charge in [-0.05, 0) is 50.1 Å². The quantitative estimate of drug-likeness (QED) is 0.811. The predicted octanol–water partition coefficient (Wildman–Crippen LogP) is 2.49. The molecule has 2 unspecified atom stereocenters. The van der Waals surface area contributed by atoms with Crippen molar-refractivity contribution < 1.29 is 14.3 Å². The molecule has 2 aromatic carbocycles. The lowest BCUT2D eigenvalue weighted by atomic mass is 10.0. The van der Waals surface area contributed by atoms with E-state index >= 15 is 0 Å². The smallest absolute Gasteiger partial charge is 0.260 e. The summed E-state index contributed by atoms with van der Waals surface area (Å²) in [6.45, 7) is 3.33. The molecule has 26 heavy (non-hydrogen) atoms. The fraction of sp³-hybridized carbons (Fsp3) is 0.333. The van der Waals surface area contributed by atoms with Crippen molar-refractivity contribution in [3.63, 3.8) is 0 Å². The molecule has 5 heteroatoms. The maximum Gasteiger partial charge on any atom is 0.260 e. The van der Waals surface area contributed by atoms with Gasteiger partial charge in [0, 0.05) is 23.7 Å². The van der Waals surface area contributed by atoms with Crippen molar-refractivity contribution in [2.75, 3.05) is 19.7 Å². The van der Waals surface area contributed by atoms with Crippen LogP contribution in [0.25, 0.3) is 0 Å². The molecule has 1 heterocycles. The van der Waals surface area contributed by atoms with E-state index in [0.717, 1.165) is 6.42 Å². The first-order valence-electron chi connectivity index (χ1n) is 8.90. The summed E-state index contributed by atoms with van der Waals surface area (Å²) in [5, 5.41) is 0. The normalized spacial score (nSPS) is 19.4. The number of carbonyl (C=O) groups excluding carboxylic acids is 2. The molecule has 136 valence electrons. The van der Waals surface area contributed by atoms with Crippen molar-refractivity contribution in [1.29, 1.82) is 0 Å². The van der Waals surface area contributed by atoms with Gasteiger partial charge in [-0.1, -0.05) is 30.3 Å². The molecule has 0 aromatic heterocycles. The van der Waals surface area contributed by atoms with Crippen LogP contribution >= 0.6 is 0 Å². The lowest BCUT2D eigenvalue weighted by Crippen LogP contribution is -2.37. The van der Waals surface area contributed by atoms with E-state index < -0.39 is 0 Å². The van der Waals surface area contributed by atoms with Crippen molar-refractivity contribution in [3.8, 4) is 5.75 Å². The van der Waals surface area contributed by atoms with Crippen LogP contribution in [0.1, 0.15) is 29.3 Å². The minimum atomic E-state index is -0.0352. The van der Waals surface area contributed by atoms with E-state index in [9.17, 15) is 9.59 Å². The highest BCUT2D eigenvalue weighted by molar-refractivity contribution is 6.08. The summed E-state index contributed by atoms with van der Waals surface area (Å²) in [7, 11) is 0. The van der Waals surface area contributed by atoms with E-state index in [2.05, 4.69) is 0 Å². The first-order valence-corrected chi connectivity index (χ1v) is 8.90. The summed E-state index contributed by atoms with van der Waals surface area (Å²) in [5.41, 5.74) is 6.95. The van der Waals surface area contributed by atoms with Crippen LogP contribution in [0.4, 0.5) is 0 Å². The molecule has 2 aromatic rings. The van der Waals surface area contributed by atoms with Gasteiger partial charge >= 0.3 is 0 Å². The van der Waals surface area contributed by atoms with Gasteiger partial charge in [0.2, 0.25) is 0 Å². The molecule has 2 atom stereocenters. The standard InChI is InChI=1S/C21H24N2O3/c1-15-11-16(12-22)13-23(15)20(24)14-26-19-9-7-18(8-10-19)21(25)17-5-3-2-4-6-17/h2-10,15-16H,11-14,22H2,1H3. The molecule has 0 bridgehead atoms. The average molecular weight is 352 g/mol. The maximum absolute atomic E-state index is 12.4. The Morgan fingerprint density at radius 3 is 2.35 bits per heavy atom. The number of ether oxygens (including phenoxy) is 1. The third-order valence-electron chi connectivity index (χ3n) is 4.83. The van der Waals surface area contributed by atoms with Gasteiger partial charge in [0.1, 0.15) is 5.75 Å². The van der Waals surface area contributed by atoms with Gasteiger partial charge in [-0.3, -0.25) is 9.59 Å². The highest BCUT2D eigenvalue weighted by atomic mass is 16.5. The zero-order chi connectivity index (χ0) is 18.5. The van der Waals surface area contributed by atoms with Gasteiger partial charge in [-0.25, -0.2) is 0 Å². The highest BCUT2D eigenvalue weighted by Crippen LogP contribution is 2.22.